The smallest absolute Gasteiger partial charge is 0.333 e. The van der Waals surface area contributed by atoms with Gasteiger partial charge in [0.1, 0.15) is 0 Å². The van der Waals surface area contributed by atoms with Crippen LogP contribution in [0, 0.1) is 11.3 Å². The number of rotatable bonds is 1. The molecule has 0 aromatic carbocycles. The lowest BCUT2D eigenvalue weighted by Gasteiger charge is -2.49. The second-order valence-corrected chi connectivity index (χ2v) is 7.58. The molecule has 0 bridgehead atoms. The van der Waals surface area contributed by atoms with Crippen molar-refractivity contribution in [2.75, 3.05) is 13.7 Å². The Morgan fingerprint density at radius 3 is 3.00 bits per heavy atom. The van der Waals surface area contributed by atoms with Crippen molar-refractivity contribution in [1.29, 1.82) is 0 Å². The summed E-state index contributed by atoms with van der Waals surface area (Å²) in [5.41, 5.74) is -0.636. The standard InChI is InChI=1S/C19H24N2O5/c1-26-17(24)12-9-14(22)16-19(13(12)7-8-20-18(19)25)10-11-5-3-2-4-6-15(23)21(11)16/h3,5,9,11,13-14,16,22H,2,4,6-8,10H2,1H3,(H,20,25)/b5-3-/t11?,13-,14+,16+,19+/m1/s1. The molecule has 3 heterocycles. The molecule has 26 heavy (non-hydrogen) atoms. The molecule has 140 valence electrons. The highest BCUT2D eigenvalue weighted by atomic mass is 16.5. The largest absolute Gasteiger partial charge is 0.466 e. The highest BCUT2D eigenvalue weighted by Gasteiger charge is 2.66. The van der Waals surface area contributed by atoms with E-state index in [9.17, 15) is 19.5 Å². The third kappa shape index (κ3) is 2.26. The first-order valence-corrected chi connectivity index (χ1v) is 9.25. The van der Waals surface area contributed by atoms with Crippen molar-refractivity contribution in [3.8, 4) is 0 Å². The van der Waals surface area contributed by atoms with Crippen LogP contribution in [0.1, 0.15) is 32.1 Å². The zero-order valence-electron chi connectivity index (χ0n) is 14.8. The highest BCUT2D eigenvalue weighted by molar-refractivity contribution is 5.95. The van der Waals surface area contributed by atoms with Gasteiger partial charge in [-0.1, -0.05) is 12.2 Å². The normalized spacial score (nSPS) is 40.2. The maximum atomic E-state index is 13.1. The molecule has 1 spiro atoms. The quantitative estimate of drug-likeness (QED) is 0.518. The molecular weight excluding hydrogens is 336 g/mol. The summed E-state index contributed by atoms with van der Waals surface area (Å²) in [5, 5.41) is 13.8. The third-order valence-electron chi connectivity index (χ3n) is 6.37. The Bertz CT molecular complexity index is 715. The van der Waals surface area contributed by atoms with Gasteiger partial charge in [-0.25, -0.2) is 4.79 Å². The molecule has 2 fully saturated rings. The number of amides is 2. The van der Waals surface area contributed by atoms with Crippen LogP contribution in [0.4, 0.5) is 0 Å². The van der Waals surface area contributed by atoms with Crippen LogP contribution >= 0.6 is 0 Å². The SMILES string of the molecule is COC(=O)C1=C[C@H](O)[C@@H]2N3C(=O)CCC/C=C\C3C[C@@]23C(=O)NCC[C@H]13. The van der Waals surface area contributed by atoms with Crippen LogP contribution in [0.3, 0.4) is 0 Å². The van der Waals surface area contributed by atoms with E-state index in [1.54, 1.807) is 4.90 Å². The van der Waals surface area contributed by atoms with E-state index in [0.29, 0.717) is 31.4 Å². The number of aliphatic hydroxyl groups is 1. The summed E-state index contributed by atoms with van der Waals surface area (Å²) in [7, 11) is 1.30. The number of esters is 1. The van der Waals surface area contributed by atoms with Gasteiger partial charge < -0.3 is 20.1 Å². The molecule has 5 atom stereocenters. The first kappa shape index (κ1) is 17.3. The van der Waals surface area contributed by atoms with Crippen molar-refractivity contribution in [1.82, 2.24) is 10.2 Å². The summed E-state index contributed by atoms with van der Waals surface area (Å²) in [4.78, 5) is 39.9. The number of methoxy groups -OCH3 is 1. The lowest BCUT2D eigenvalue weighted by Crippen LogP contribution is -2.64. The molecule has 2 N–H and O–H groups in total. The van der Waals surface area contributed by atoms with Crippen LogP contribution in [-0.2, 0) is 19.1 Å². The molecule has 2 saturated heterocycles. The monoisotopic (exact) mass is 360 g/mol. The van der Waals surface area contributed by atoms with E-state index in [-0.39, 0.29) is 23.8 Å². The first-order valence-electron chi connectivity index (χ1n) is 9.25. The summed E-state index contributed by atoms with van der Waals surface area (Å²) < 4.78 is 4.90. The predicted molar refractivity (Wildman–Crippen MR) is 91.7 cm³/mol. The molecule has 4 rings (SSSR count). The number of allylic oxidation sites excluding steroid dienone is 1. The third-order valence-corrected chi connectivity index (χ3v) is 6.37. The van der Waals surface area contributed by atoms with Gasteiger partial charge in [-0.3, -0.25) is 9.59 Å². The maximum Gasteiger partial charge on any atom is 0.333 e. The fourth-order valence-corrected chi connectivity index (χ4v) is 5.38. The van der Waals surface area contributed by atoms with Gasteiger partial charge in [-0.15, -0.1) is 0 Å². The van der Waals surface area contributed by atoms with Crippen LogP contribution in [0.15, 0.2) is 23.8 Å². The van der Waals surface area contributed by atoms with Crippen molar-refractivity contribution in [2.24, 2.45) is 11.3 Å². The van der Waals surface area contributed by atoms with E-state index in [4.69, 9.17) is 4.74 Å². The van der Waals surface area contributed by atoms with E-state index < -0.39 is 23.5 Å². The molecule has 1 aliphatic carbocycles. The maximum absolute atomic E-state index is 13.1. The topological polar surface area (TPSA) is 95.9 Å². The van der Waals surface area contributed by atoms with Crippen molar-refractivity contribution < 1.29 is 24.2 Å². The van der Waals surface area contributed by atoms with E-state index in [2.05, 4.69) is 11.4 Å². The van der Waals surface area contributed by atoms with Crippen molar-refractivity contribution in [2.45, 2.75) is 50.3 Å². The minimum absolute atomic E-state index is 0.0349. The van der Waals surface area contributed by atoms with Gasteiger partial charge in [0, 0.05) is 24.5 Å². The molecule has 0 radical (unpaired) electrons. The van der Waals surface area contributed by atoms with Gasteiger partial charge in [0.25, 0.3) is 0 Å². The molecule has 1 unspecified atom stereocenters. The molecular formula is C19H24N2O5. The Balaban J connectivity index is 1.86. The van der Waals surface area contributed by atoms with Crippen LogP contribution in [0.5, 0.6) is 0 Å². The average molecular weight is 360 g/mol. The minimum atomic E-state index is -1.08. The Hall–Kier alpha value is -2.15. The lowest BCUT2D eigenvalue weighted by atomic mass is 9.58. The number of ether oxygens (including phenoxy) is 1. The zero-order chi connectivity index (χ0) is 18.5. The van der Waals surface area contributed by atoms with Gasteiger partial charge in [0.05, 0.1) is 30.7 Å². The molecule has 0 aromatic heterocycles. The van der Waals surface area contributed by atoms with Gasteiger partial charge in [-0.05, 0) is 31.8 Å². The van der Waals surface area contributed by atoms with Crippen LogP contribution in [-0.4, -0.2) is 59.6 Å². The fraction of sp³-hybridized carbons (Fsp3) is 0.632. The van der Waals surface area contributed by atoms with E-state index in [0.717, 1.165) is 12.8 Å². The summed E-state index contributed by atoms with van der Waals surface area (Å²) >= 11 is 0. The Morgan fingerprint density at radius 1 is 1.42 bits per heavy atom. The molecule has 7 heteroatoms. The summed E-state index contributed by atoms with van der Waals surface area (Å²) in [6, 6.07) is -0.888. The molecule has 4 aliphatic rings. The van der Waals surface area contributed by atoms with Gasteiger partial charge in [-0.2, -0.15) is 0 Å². The van der Waals surface area contributed by atoms with E-state index >= 15 is 0 Å². The number of nitrogens with one attached hydrogen (secondary N) is 1. The van der Waals surface area contributed by atoms with Crippen molar-refractivity contribution >= 4 is 17.8 Å². The minimum Gasteiger partial charge on any atom is -0.466 e. The highest BCUT2D eigenvalue weighted by Crippen LogP contribution is 2.56. The lowest BCUT2D eigenvalue weighted by molar-refractivity contribution is -0.149. The Kier molecular flexibility index (Phi) is 4.14. The molecule has 7 nitrogen and oxygen atoms in total. The van der Waals surface area contributed by atoms with Gasteiger partial charge in [0.15, 0.2) is 0 Å². The molecule has 0 saturated carbocycles. The summed E-state index contributed by atoms with van der Waals surface area (Å²) in [5.74, 6) is -1.08. The number of carbonyl (C=O) groups is 3. The number of hydrogen-bond donors (Lipinski definition) is 2. The number of nitrogens with zero attached hydrogens (tertiary/aromatic N) is 1. The number of hydrogen-bond acceptors (Lipinski definition) is 5. The van der Waals surface area contributed by atoms with Crippen LogP contribution < -0.4 is 5.32 Å². The first-order chi connectivity index (χ1) is 12.5. The number of fused-ring (bicyclic) bond motifs is 2. The molecule has 3 aliphatic heterocycles. The van der Waals surface area contributed by atoms with E-state index in [1.807, 2.05) is 6.08 Å². The second-order valence-electron chi connectivity index (χ2n) is 7.58. The summed E-state index contributed by atoms with van der Waals surface area (Å²) in [6.07, 6.45) is 7.45. The zero-order valence-corrected chi connectivity index (χ0v) is 14.8. The van der Waals surface area contributed by atoms with Crippen LogP contribution in [0.2, 0.25) is 0 Å². The number of carbonyl (C=O) groups excluding carboxylic acids is 3. The molecule has 0 aromatic rings. The predicted octanol–water partition coefficient (Wildman–Crippen LogP) is 0.292. The van der Waals surface area contributed by atoms with Crippen LogP contribution in [0.25, 0.3) is 0 Å². The van der Waals surface area contributed by atoms with E-state index in [1.165, 1.54) is 13.2 Å². The Labute approximate surface area is 152 Å². The average Bonchev–Trinajstić information content (AvgIpc) is 2.96. The fourth-order valence-electron chi connectivity index (χ4n) is 5.38. The number of aliphatic hydroxyl groups excluding tert-OH is 1. The number of piperidine rings is 1. The second kappa shape index (κ2) is 6.23. The van der Waals surface area contributed by atoms with Gasteiger partial charge in [0.2, 0.25) is 11.8 Å². The molecule has 2 amide bonds. The van der Waals surface area contributed by atoms with Gasteiger partial charge >= 0.3 is 5.97 Å². The Morgan fingerprint density at radius 2 is 2.23 bits per heavy atom. The van der Waals surface area contributed by atoms with Crippen molar-refractivity contribution in [3.63, 3.8) is 0 Å². The van der Waals surface area contributed by atoms with Crippen molar-refractivity contribution in [3.05, 3.63) is 23.8 Å². The summed E-state index contributed by atoms with van der Waals surface area (Å²) in [6.45, 7) is 0.469.